The Labute approximate surface area is 156 Å². The topological polar surface area (TPSA) is 100 Å². The highest BCUT2D eigenvalue weighted by Crippen LogP contribution is 2.27. The summed E-state index contributed by atoms with van der Waals surface area (Å²) in [4.78, 5) is 39.0. The predicted molar refractivity (Wildman–Crippen MR) is 100.0 cm³/mol. The zero-order valence-electron chi connectivity index (χ0n) is 15.0. The second-order valence-corrected chi connectivity index (χ2v) is 6.09. The van der Waals surface area contributed by atoms with E-state index in [0.717, 1.165) is 0 Å². The number of amides is 2. The molecule has 0 spiro atoms. The summed E-state index contributed by atoms with van der Waals surface area (Å²) in [6.45, 7) is 4.90. The number of H-pyrrole nitrogens is 1. The predicted octanol–water partition coefficient (Wildman–Crippen LogP) is 3.54. The number of halogens is 1. The van der Waals surface area contributed by atoms with E-state index >= 15 is 0 Å². The molecule has 1 aromatic heterocycles. The highest BCUT2D eigenvalue weighted by Gasteiger charge is 2.24. The molecule has 0 saturated carbocycles. The van der Waals surface area contributed by atoms with Crippen molar-refractivity contribution >= 4 is 40.8 Å². The van der Waals surface area contributed by atoms with Crippen LogP contribution in [0.1, 0.15) is 46.0 Å². The normalized spacial score (nSPS) is 10.3. The van der Waals surface area contributed by atoms with Crippen molar-refractivity contribution in [1.82, 2.24) is 4.98 Å². The molecular formula is C18H20ClN3O4. The van der Waals surface area contributed by atoms with E-state index < -0.39 is 11.9 Å². The van der Waals surface area contributed by atoms with Crippen LogP contribution >= 0.6 is 11.6 Å². The maximum atomic E-state index is 12.7. The molecule has 8 heteroatoms. The summed E-state index contributed by atoms with van der Waals surface area (Å²) in [5, 5.41) is 5.75. The smallest absolute Gasteiger partial charge is 0.339 e. The molecule has 0 aliphatic rings. The van der Waals surface area contributed by atoms with Gasteiger partial charge in [0.15, 0.2) is 0 Å². The molecule has 138 valence electrons. The van der Waals surface area contributed by atoms with E-state index in [1.807, 2.05) is 6.92 Å². The van der Waals surface area contributed by atoms with Gasteiger partial charge in [-0.25, -0.2) is 4.79 Å². The zero-order valence-corrected chi connectivity index (χ0v) is 15.7. The molecular weight excluding hydrogens is 358 g/mol. The Morgan fingerprint density at radius 2 is 1.88 bits per heavy atom. The van der Waals surface area contributed by atoms with E-state index in [9.17, 15) is 14.4 Å². The summed E-state index contributed by atoms with van der Waals surface area (Å²) in [6, 6.07) is 4.73. The van der Waals surface area contributed by atoms with Gasteiger partial charge in [-0.2, -0.15) is 0 Å². The molecule has 0 fully saturated rings. The van der Waals surface area contributed by atoms with Crippen LogP contribution < -0.4 is 10.6 Å². The number of aryl methyl sites for hydroxylation is 1. The minimum atomic E-state index is -0.503. The van der Waals surface area contributed by atoms with Crippen LogP contribution in [0.15, 0.2) is 18.2 Å². The molecule has 1 heterocycles. The van der Waals surface area contributed by atoms with Crippen molar-refractivity contribution in [3.05, 3.63) is 45.7 Å². The summed E-state index contributed by atoms with van der Waals surface area (Å²) < 4.78 is 4.79. The molecule has 1 aromatic carbocycles. The van der Waals surface area contributed by atoms with Crippen molar-refractivity contribution < 1.29 is 19.1 Å². The van der Waals surface area contributed by atoms with Crippen molar-refractivity contribution in [3.63, 3.8) is 0 Å². The quantitative estimate of drug-likeness (QED) is 0.694. The first kappa shape index (κ1) is 19.5. The Hall–Kier alpha value is -2.80. The number of nitrogens with one attached hydrogen (secondary N) is 3. The number of benzene rings is 1. The molecule has 0 radical (unpaired) electrons. The van der Waals surface area contributed by atoms with Crippen LogP contribution in [0.2, 0.25) is 5.02 Å². The van der Waals surface area contributed by atoms with E-state index in [0.29, 0.717) is 39.6 Å². The number of hydrogen-bond acceptors (Lipinski definition) is 4. The maximum Gasteiger partial charge on any atom is 0.339 e. The lowest BCUT2D eigenvalue weighted by molar-refractivity contribution is -0.114. The van der Waals surface area contributed by atoms with E-state index in [1.165, 1.54) is 20.1 Å². The zero-order chi connectivity index (χ0) is 19.4. The van der Waals surface area contributed by atoms with Gasteiger partial charge < -0.3 is 20.4 Å². The number of carbonyl (C=O) groups excluding carboxylic acids is 3. The second kappa shape index (κ2) is 8.05. The first-order chi connectivity index (χ1) is 12.3. The average molecular weight is 378 g/mol. The Morgan fingerprint density at radius 3 is 2.46 bits per heavy atom. The van der Waals surface area contributed by atoms with Crippen LogP contribution in [-0.2, 0) is 16.0 Å². The number of carbonyl (C=O) groups is 3. The van der Waals surface area contributed by atoms with Gasteiger partial charge in [-0.3, -0.25) is 9.59 Å². The van der Waals surface area contributed by atoms with Crippen molar-refractivity contribution in [2.24, 2.45) is 0 Å². The maximum absolute atomic E-state index is 12.7. The highest BCUT2D eigenvalue weighted by atomic mass is 35.5. The lowest BCUT2D eigenvalue weighted by Crippen LogP contribution is -2.16. The Balaban J connectivity index is 2.40. The number of hydrogen-bond donors (Lipinski definition) is 3. The number of rotatable bonds is 5. The number of esters is 1. The minimum Gasteiger partial charge on any atom is -0.465 e. The van der Waals surface area contributed by atoms with Gasteiger partial charge in [0.05, 0.1) is 24.0 Å². The van der Waals surface area contributed by atoms with Gasteiger partial charge in [0.1, 0.15) is 5.69 Å². The van der Waals surface area contributed by atoms with Gasteiger partial charge in [0, 0.05) is 17.6 Å². The van der Waals surface area contributed by atoms with Crippen molar-refractivity contribution in [2.45, 2.75) is 27.2 Å². The second-order valence-electron chi connectivity index (χ2n) is 5.65. The van der Waals surface area contributed by atoms with E-state index in [-0.39, 0.29) is 11.6 Å². The first-order valence-corrected chi connectivity index (χ1v) is 8.34. The van der Waals surface area contributed by atoms with Crippen LogP contribution in [0.25, 0.3) is 0 Å². The van der Waals surface area contributed by atoms with Crippen LogP contribution in [0, 0.1) is 6.92 Å². The van der Waals surface area contributed by atoms with Crippen molar-refractivity contribution in [2.75, 3.05) is 17.7 Å². The number of methoxy groups -OCH3 is 1. The van der Waals surface area contributed by atoms with E-state index in [2.05, 4.69) is 15.6 Å². The van der Waals surface area contributed by atoms with Crippen LogP contribution in [-0.4, -0.2) is 29.9 Å². The SMILES string of the molecule is CCc1[nH]c(C(=O)Nc2cc(Cl)ccc2NC(C)=O)c(C)c1C(=O)OC. The number of anilines is 2. The molecule has 7 nitrogen and oxygen atoms in total. The van der Waals surface area contributed by atoms with Gasteiger partial charge in [0.2, 0.25) is 5.91 Å². The van der Waals surface area contributed by atoms with Crippen LogP contribution in [0.5, 0.6) is 0 Å². The van der Waals surface area contributed by atoms with Crippen LogP contribution in [0.3, 0.4) is 0 Å². The number of aromatic nitrogens is 1. The molecule has 26 heavy (non-hydrogen) atoms. The number of aromatic amines is 1. The third-order valence-electron chi connectivity index (χ3n) is 3.84. The van der Waals surface area contributed by atoms with Crippen LogP contribution in [0.4, 0.5) is 11.4 Å². The molecule has 2 rings (SSSR count). The van der Waals surface area contributed by atoms with Gasteiger partial charge in [-0.1, -0.05) is 18.5 Å². The first-order valence-electron chi connectivity index (χ1n) is 7.96. The van der Waals surface area contributed by atoms with Gasteiger partial charge in [-0.15, -0.1) is 0 Å². The molecule has 0 aliphatic carbocycles. The minimum absolute atomic E-state index is 0.246. The summed E-state index contributed by atoms with van der Waals surface area (Å²) in [7, 11) is 1.29. The third-order valence-corrected chi connectivity index (χ3v) is 4.07. The standard InChI is InChI=1S/C18H20ClN3O4/c1-5-12-15(18(25)26-4)9(2)16(21-12)17(24)22-14-8-11(19)6-7-13(14)20-10(3)23/h6-8,21H,5H2,1-4H3,(H,20,23)(H,22,24). The van der Waals surface area contributed by atoms with Gasteiger partial charge in [-0.05, 0) is 37.1 Å². The fourth-order valence-corrected chi connectivity index (χ4v) is 2.80. The highest BCUT2D eigenvalue weighted by molar-refractivity contribution is 6.31. The molecule has 3 N–H and O–H groups in total. The molecule has 2 amide bonds. The summed E-state index contributed by atoms with van der Waals surface area (Å²) in [6.07, 6.45) is 0.535. The average Bonchev–Trinajstić information content (AvgIpc) is 2.93. The Bertz CT molecular complexity index is 874. The van der Waals surface area contributed by atoms with Gasteiger partial charge in [0.25, 0.3) is 5.91 Å². The summed E-state index contributed by atoms with van der Waals surface area (Å²) >= 11 is 5.99. The van der Waals surface area contributed by atoms with Crippen molar-refractivity contribution in [1.29, 1.82) is 0 Å². The third kappa shape index (κ3) is 4.05. The van der Waals surface area contributed by atoms with Gasteiger partial charge >= 0.3 is 5.97 Å². The Morgan fingerprint density at radius 1 is 1.19 bits per heavy atom. The molecule has 0 atom stereocenters. The number of ether oxygens (including phenoxy) is 1. The monoisotopic (exact) mass is 377 g/mol. The largest absolute Gasteiger partial charge is 0.465 e. The summed E-state index contributed by atoms with van der Waals surface area (Å²) in [5.41, 5.74) is 2.49. The molecule has 0 unspecified atom stereocenters. The molecule has 0 saturated heterocycles. The Kier molecular flexibility index (Phi) is 6.05. The molecule has 0 aliphatic heterocycles. The lowest BCUT2D eigenvalue weighted by atomic mass is 10.1. The summed E-state index contributed by atoms with van der Waals surface area (Å²) in [5.74, 6) is -1.24. The van der Waals surface area contributed by atoms with E-state index in [4.69, 9.17) is 16.3 Å². The van der Waals surface area contributed by atoms with E-state index in [1.54, 1.807) is 19.1 Å². The lowest BCUT2D eigenvalue weighted by Gasteiger charge is -2.12. The van der Waals surface area contributed by atoms with Crippen molar-refractivity contribution in [3.8, 4) is 0 Å². The molecule has 0 bridgehead atoms. The molecule has 2 aromatic rings. The fourth-order valence-electron chi connectivity index (χ4n) is 2.63. The fraction of sp³-hybridized carbons (Fsp3) is 0.278.